The second-order valence-electron chi connectivity index (χ2n) is 4.96. The number of hydrogen-bond donors (Lipinski definition) is 1. The summed E-state index contributed by atoms with van der Waals surface area (Å²) in [4.78, 5) is 0. The van der Waals surface area contributed by atoms with E-state index in [1.165, 1.54) is 0 Å². The Morgan fingerprint density at radius 1 is 1.33 bits per heavy atom. The molecule has 3 nitrogen and oxygen atoms in total. The molecular formula is C14H17BrN2O. The fourth-order valence-electron chi connectivity index (χ4n) is 2.60. The van der Waals surface area contributed by atoms with Crippen LogP contribution in [0.15, 0.2) is 28.7 Å². The monoisotopic (exact) mass is 308 g/mol. The van der Waals surface area contributed by atoms with E-state index in [9.17, 15) is 5.26 Å². The fourth-order valence-corrected chi connectivity index (χ4v) is 2.98. The number of nitrogens with one attached hydrogen (secondary N) is 1. The largest absolute Gasteiger partial charge is 0.375 e. The van der Waals surface area contributed by atoms with Gasteiger partial charge >= 0.3 is 0 Å². The minimum Gasteiger partial charge on any atom is -0.375 e. The van der Waals surface area contributed by atoms with Crippen molar-refractivity contribution < 1.29 is 4.74 Å². The zero-order valence-electron chi connectivity index (χ0n) is 10.6. The molecule has 2 rings (SSSR count). The van der Waals surface area contributed by atoms with Crippen molar-refractivity contribution in [2.24, 2.45) is 0 Å². The number of benzene rings is 1. The van der Waals surface area contributed by atoms with Gasteiger partial charge in [0.05, 0.1) is 18.3 Å². The first kappa shape index (κ1) is 13.4. The van der Waals surface area contributed by atoms with E-state index >= 15 is 0 Å². The highest BCUT2D eigenvalue weighted by atomic mass is 79.9. The molecule has 1 heterocycles. The topological polar surface area (TPSA) is 45.0 Å². The van der Waals surface area contributed by atoms with Crippen LogP contribution in [0.25, 0.3) is 0 Å². The molecule has 2 unspecified atom stereocenters. The molecule has 1 aromatic carbocycles. The first-order valence-electron chi connectivity index (χ1n) is 6.14. The van der Waals surface area contributed by atoms with Crippen molar-refractivity contribution in [1.82, 2.24) is 0 Å². The summed E-state index contributed by atoms with van der Waals surface area (Å²) >= 11 is 3.50. The number of nitrogens with zero attached hydrogens (tertiary/aromatic N) is 1. The van der Waals surface area contributed by atoms with E-state index in [1.54, 1.807) is 0 Å². The van der Waals surface area contributed by atoms with Crippen LogP contribution in [0.1, 0.15) is 26.7 Å². The highest BCUT2D eigenvalue weighted by Crippen LogP contribution is 2.34. The molecule has 2 atom stereocenters. The second kappa shape index (κ2) is 5.29. The Hall–Kier alpha value is -1.05. The lowest BCUT2D eigenvalue weighted by atomic mass is 9.85. The summed E-state index contributed by atoms with van der Waals surface area (Å²) in [6.45, 7) is 4.03. The Morgan fingerprint density at radius 3 is 2.50 bits per heavy atom. The predicted molar refractivity (Wildman–Crippen MR) is 75.4 cm³/mol. The average molecular weight is 309 g/mol. The zero-order chi connectivity index (χ0) is 13.2. The van der Waals surface area contributed by atoms with E-state index in [0.29, 0.717) is 12.8 Å². The Kier molecular flexibility index (Phi) is 3.94. The first-order valence-corrected chi connectivity index (χ1v) is 6.93. The fraction of sp³-hybridized carbons (Fsp3) is 0.500. The minimum absolute atomic E-state index is 0.100. The van der Waals surface area contributed by atoms with E-state index in [1.807, 2.05) is 38.1 Å². The molecule has 0 radical (unpaired) electrons. The van der Waals surface area contributed by atoms with E-state index in [-0.39, 0.29) is 12.2 Å². The van der Waals surface area contributed by atoms with Crippen molar-refractivity contribution in [3.63, 3.8) is 0 Å². The molecule has 0 amide bonds. The molecule has 18 heavy (non-hydrogen) atoms. The highest BCUT2D eigenvalue weighted by Gasteiger charge is 2.39. The van der Waals surface area contributed by atoms with Crippen LogP contribution in [0.2, 0.25) is 0 Å². The molecule has 0 bridgehead atoms. The van der Waals surface area contributed by atoms with Gasteiger partial charge in [0.15, 0.2) is 0 Å². The Labute approximate surface area is 116 Å². The smallest absolute Gasteiger partial charge is 0.130 e. The number of anilines is 1. The summed E-state index contributed by atoms with van der Waals surface area (Å²) in [6.07, 6.45) is 1.61. The van der Waals surface area contributed by atoms with Gasteiger partial charge < -0.3 is 10.1 Å². The number of hydrogen-bond acceptors (Lipinski definition) is 3. The summed E-state index contributed by atoms with van der Waals surface area (Å²) in [5.41, 5.74) is 0.418. The average Bonchev–Trinajstić information content (AvgIpc) is 2.31. The normalized spacial score (nSPS) is 31.7. The summed E-state index contributed by atoms with van der Waals surface area (Å²) in [5.74, 6) is 0. The van der Waals surface area contributed by atoms with E-state index < -0.39 is 5.54 Å². The van der Waals surface area contributed by atoms with Crippen LogP contribution in [0.4, 0.5) is 5.69 Å². The summed E-state index contributed by atoms with van der Waals surface area (Å²) in [7, 11) is 0. The van der Waals surface area contributed by atoms with Crippen LogP contribution in [0, 0.1) is 11.3 Å². The molecular weight excluding hydrogens is 292 g/mol. The number of para-hydroxylation sites is 1. The van der Waals surface area contributed by atoms with Gasteiger partial charge in [-0.2, -0.15) is 5.26 Å². The number of halogens is 1. The van der Waals surface area contributed by atoms with Crippen LogP contribution in [-0.2, 0) is 4.74 Å². The van der Waals surface area contributed by atoms with Gasteiger partial charge in [-0.15, -0.1) is 0 Å². The number of nitriles is 1. The van der Waals surface area contributed by atoms with E-state index in [2.05, 4.69) is 27.3 Å². The minimum atomic E-state index is -0.541. The molecule has 1 fully saturated rings. The van der Waals surface area contributed by atoms with Crippen LogP contribution in [0.3, 0.4) is 0 Å². The third-order valence-electron chi connectivity index (χ3n) is 3.20. The molecule has 0 aliphatic carbocycles. The van der Waals surface area contributed by atoms with Gasteiger partial charge in [-0.1, -0.05) is 12.1 Å². The van der Waals surface area contributed by atoms with Crippen molar-refractivity contribution in [3.8, 4) is 6.07 Å². The van der Waals surface area contributed by atoms with Crippen molar-refractivity contribution in [1.29, 1.82) is 5.26 Å². The zero-order valence-corrected chi connectivity index (χ0v) is 12.2. The van der Waals surface area contributed by atoms with Crippen molar-refractivity contribution in [3.05, 3.63) is 28.7 Å². The third kappa shape index (κ3) is 2.85. The first-order chi connectivity index (χ1) is 8.54. The maximum Gasteiger partial charge on any atom is 0.130 e. The van der Waals surface area contributed by atoms with Gasteiger partial charge in [-0.3, -0.25) is 0 Å². The lowest BCUT2D eigenvalue weighted by Gasteiger charge is -2.39. The Morgan fingerprint density at radius 2 is 1.94 bits per heavy atom. The molecule has 1 aliphatic rings. The van der Waals surface area contributed by atoms with Crippen LogP contribution >= 0.6 is 15.9 Å². The third-order valence-corrected chi connectivity index (χ3v) is 3.89. The summed E-state index contributed by atoms with van der Waals surface area (Å²) in [6, 6.07) is 10.3. The van der Waals surface area contributed by atoms with Gasteiger partial charge in [0, 0.05) is 23.0 Å². The van der Waals surface area contributed by atoms with Crippen LogP contribution < -0.4 is 5.32 Å². The molecule has 4 heteroatoms. The number of rotatable bonds is 2. The van der Waals surface area contributed by atoms with E-state index in [0.717, 1.165) is 10.2 Å². The van der Waals surface area contributed by atoms with Crippen LogP contribution in [0.5, 0.6) is 0 Å². The second-order valence-corrected chi connectivity index (χ2v) is 5.82. The molecule has 0 spiro atoms. The van der Waals surface area contributed by atoms with Crippen molar-refractivity contribution in [2.45, 2.75) is 44.4 Å². The maximum absolute atomic E-state index is 9.55. The van der Waals surface area contributed by atoms with Crippen molar-refractivity contribution >= 4 is 21.6 Å². The Balaban J connectivity index is 2.24. The standard InChI is InChI=1S/C14H17BrN2O/c1-10-7-14(9-16,8-11(2)18-10)17-13-6-4-3-5-12(13)15/h3-6,10-11,17H,7-8H2,1-2H3. The summed E-state index contributed by atoms with van der Waals surface area (Å²) < 4.78 is 6.69. The molecule has 96 valence electrons. The SMILES string of the molecule is CC1CC(C#N)(Nc2ccccc2Br)CC(C)O1. The highest BCUT2D eigenvalue weighted by molar-refractivity contribution is 9.10. The molecule has 1 aliphatic heterocycles. The molecule has 1 saturated heterocycles. The molecule has 0 saturated carbocycles. The molecule has 0 aromatic heterocycles. The van der Waals surface area contributed by atoms with Gasteiger partial charge in [-0.05, 0) is 41.9 Å². The molecule has 1 aromatic rings. The predicted octanol–water partition coefficient (Wildman–Crippen LogP) is 3.71. The molecule has 1 N–H and O–H groups in total. The van der Waals surface area contributed by atoms with E-state index in [4.69, 9.17) is 4.74 Å². The number of ether oxygens (including phenoxy) is 1. The van der Waals surface area contributed by atoms with Crippen molar-refractivity contribution in [2.75, 3.05) is 5.32 Å². The van der Waals surface area contributed by atoms with Gasteiger partial charge in [0.25, 0.3) is 0 Å². The lowest BCUT2D eigenvalue weighted by molar-refractivity contribution is -0.0451. The quantitative estimate of drug-likeness (QED) is 0.906. The van der Waals surface area contributed by atoms with Gasteiger partial charge in [-0.25, -0.2) is 0 Å². The van der Waals surface area contributed by atoms with Crippen LogP contribution in [-0.4, -0.2) is 17.7 Å². The summed E-state index contributed by atoms with van der Waals surface area (Å²) in [5, 5.41) is 12.9. The Bertz CT molecular complexity index is 459. The van der Waals surface area contributed by atoms with Gasteiger partial charge in [0.1, 0.15) is 5.54 Å². The lowest BCUT2D eigenvalue weighted by Crippen LogP contribution is -2.48. The van der Waals surface area contributed by atoms with Gasteiger partial charge in [0.2, 0.25) is 0 Å². The maximum atomic E-state index is 9.55.